The van der Waals surface area contributed by atoms with Gasteiger partial charge in [0.15, 0.2) is 0 Å². The number of rotatable bonds is 4. The van der Waals surface area contributed by atoms with E-state index < -0.39 is 0 Å². The molecule has 2 N–H and O–H groups in total. The molecule has 1 heterocycles. The van der Waals surface area contributed by atoms with Crippen molar-refractivity contribution in [2.75, 3.05) is 6.61 Å². The van der Waals surface area contributed by atoms with E-state index in [9.17, 15) is 9.90 Å². The number of amides is 1. The molecule has 1 aromatic heterocycles. The molecule has 0 saturated heterocycles. The summed E-state index contributed by atoms with van der Waals surface area (Å²) in [6, 6.07) is 7.32. The fraction of sp³-hybridized carbons (Fsp3) is 0.438. The van der Waals surface area contributed by atoms with Gasteiger partial charge in [-0.15, -0.1) is 10.2 Å². The fourth-order valence-electron chi connectivity index (χ4n) is 3.03. The quantitative estimate of drug-likeness (QED) is 0.898. The van der Waals surface area contributed by atoms with Crippen LogP contribution < -0.4 is 5.32 Å². The highest BCUT2D eigenvalue weighted by Gasteiger charge is 2.39. The van der Waals surface area contributed by atoms with Crippen molar-refractivity contribution in [3.8, 4) is 5.69 Å². The molecule has 3 rings (SSSR count). The maximum Gasteiger partial charge on any atom is 0.251 e. The molecule has 2 atom stereocenters. The number of carbonyl (C=O) groups is 1. The van der Waals surface area contributed by atoms with Crippen LogP contribution in [0.2, 0.25) is 0 Å². The summed E-state index contributed by atoms with van der Waals surface area (Å²) in [4.78, 5) is 12.4. The van der Waals surface area contributed by atoms with Crippen molar-refractivity contribution < 1.29 is 9.90 Å². The number of nitrogens with one attached hydrogen (secondary N) is 1. The molecule has 6 heteroatoms. The van der Waals surface area contributed by atoms with Gasteiger partial charge in [-0.2, -0.15) is 0 Å². The lowest BCUT2D eigenvalue weighted by Crippen LogP contribution is -2.44. The average molecular weight is 300 g/mol. The Morgan fingerprint density at radius 1 is 1.36 bits per heavy atom. The highest BCUT2D eigenvalue weighted by Crippen LogP contribution is 2.37. The molecule has 1 amide bonds. The maximum atomic E-state index is 12.4. The standard InChI is InChI=1S/C16H20N4O2/c1-16(9-21)8-2-3-14(16)19-15(22)12-4-6-13(7-5-12)20-10-17-18-11-20/h4-7,10-11,14,21H,2-3,8-9H2,1H3,(H,19,22). The third-order valence-corrected chi connectivity index (χ3v) is 4.59. The van der Waals surface area contributed by atoms with Crippen LogP contribution in [0.3, 0.4) is 0 Å². The van der Waals surface area contributed by atoms with Crippen molar-refractivity contribution in [2.45, 2.75) is 32.2 Å². The summed E-state index contributed by atoms with van der Waals surface area (Å²) < 4.78 is 1.78. The molecule has 2 aromatic rings. The first-order valence-electron chi connectivity index (χ1n) is 7.49. The van der Waals surface area contributed by atoms with Crippen LogP contribution in [0.25, 0.3) is 5.69 Å². The van der Waals surface area contributed by atoms with Crippen molar-refractivity contribution in [1.29, 1.82) is 0 Å². The summed E-state index contributed by atoms with van der Waals surface area (Å²) in [5.74, 6) is -0.0955. The molecule has 1 saturated carbocycles. The Kier molecular flexibility index (Phi) is 3.94. The van der Waals surface area contributed by atoms with Crippen LogP contribution in [0.1, 0.15) is 36.5 Å². The fourth-order valence-corrected chi connectivity index (χ4v) is 3.03. The monoisotopic (exact) mass is 300 g/mol. The van der Waals surface area contributed by atoms with Gasteiger partial charge in [-0.25, -0.2) is 0 Å². The van der Waals surface area contributed by atoms with Gasteiger partial charge in [0.1, 0.15) is 12.7 Å². The maximum absolute atomic E-state index is 12.4. The average Bonchev–Trinajstić information content (AvgIpc) is 3.19. The molecule has 1 fully saturated rings. The van der Waals surface area contributed by atoms with Crippen LogP contribution in [0.4, 0.5) is 0 Å². The molecule has 1 aliphatic rings. The second-order valence-electron chi connectivity index (χ2n) is 6.15. The Morgan fingerprint density at radius 3 is 2.68 bits per heavy atom. The van der Waals surface area contributed by atoms with Crippen molar-refractivity contribution in [3.63, 3.8) is 0 Å². The first-order chi connectivity index (χ1) is 10.6. The lowest BCUT2D eigenvalue weighted by Gasteiger charge is -2.30. The van der Waals surface area contributed by atoms with E-state index in [1.54, 1.807) is 29.4 Å². The lowest BCUT2D eigenvalue weighted by atomic mass is 9.85. The van der Waals surface area contributed by atoms with Crippen LogP contribution in [0.5, 0.6) is 0 Å². The van der Waals surface area contributed by atoms with E-state index in [-0.39, 0.29) is 24.0 Å². The predicted molar refractivity (Wildman–Crippen MR) is 81.7 cm³/mol. The number of benzene rings is 1. The van der Waals surface area contributed by atoms with E-state index in [1.807, 2.05) is 19.1 Å². The molecule has 0 bridgehead atoms. The molecule has 1 aromatic carbocycles. The van der Waals surface area contributed by atoms with Gasteiger partial charge in [0, 0.05) is 22.7 Å². The summed E-state index contributed by atoms with van der Waals surface area (Å²) >= 11 is 0. The molecule has 22 heavy (non-hydrogen) atoms. The Labute approximate surface area is 129 Å². The lowest BCUT2D eigenvalue weighted by molar-refractivity contribution is 0.0830. The van der Waals surface area contributed by atoms with Crippen LogP contribution >= 0.6 is 0 Å². The number of nitrogens with zero attached hydrogens (tertiary/aromatic N) is 3. The van der Waals surface area contributed by atoms with Crippen molar-refractivity contribution >= 4 is 5.91 Å². The van der Waals surface area contributed by atoms with Crippen molar-refractivity contribution in [3.05, 3.63) is 42.5 Å². The molecule has 0 radical (unpaired) electrons. The predicted octanol–water partition coefficient (Wildman–Crippen LogP) is 1.55. The molecule has 6 nitrogen and oxygen atoms in total. The number of aliphatic hydroxyl groups is 1. The van der Waals surface area contributed by atoms with E-state index in [2.05, 4.69) is 15.5 Å². The van der Waals surface area contributed by atoms with Gasteiger partial charge >= 0.3 is 0 Å². The second-order valence-corrected chi connectivity index (χ2v) is 6.15. The zero-order chi connectivity index (χ0) is 15.6. The number of aromatic nitrogens is 3. The van der Waals surface area contributed by atoms with Crippen molar-refractivity contribution in [2.24, 2.45) is 5.41 Å². The minimum absolute atomic E-state index is 0.0301. The Hall–Kier alpha value is -2.21. The van der Waals surface area contributed by atoms with Gasteiger partial charge in [-0.3, -0.25) is 9.36 Å². The number of hydrogen-bond acceptors (Lipinski definition) is 4. The molecule has 0 aliphatic heterocycles. The van der Waals surface area contributed by atoms with Crippen LogP contribution in [-0.2, 0) is 0 Å². The van der Waals surface area contributed by atoms with Gasteiger partial charge in [0.25, 0.3) is 5.91 Å². The first-order valence-corrected chi connectivity index (χ1v) is 7.49. The van der Waals surface area contributed by atoms with Crippen LogP contribution in [0, 0.1) is 5.41 Å². The summed E-state index contributed by atoms with van der Waals surface area (Å²) in [5.41, 5.74) is 1.31. The Bertz CT molecular complexity index is 639. The van der Waals surface area contributed by atoms with Gasteiger partial charge in [-0.1, -0.05) is 13.3 Å². The highest BCUT2D eigenvalue weighted by atomic mass is 16.3. The normalized spacial score (nSPS) is 24.4. The first kappa shape index (κ1) is 14.7. The summed E-state index contributed by atoms with van der Waals surface area (Å²) in [7, 11) is 0. The minimum Gasteiger partial charge on any atom is -0.396 e. The van der Waals surface area contributed by atoms with Crippen LogP contribution in [0.15, 0.2) is 36.9 Å². The largest absolute Gasteiger partial charge is 0.396 e. The topological polar surface area (TPSA) is 80.0 Å². The van der Waals surface area contributed by atoms with E-state index in [1.165, 1.54) is 0 Å². The van der Waals surface area contributed by atoms with Gasteiger partial charge < -0.3 is 10.4 Å². The number of hydrogen-bond donors (Lipinski definition) is 2. The molecule has 2 unspecified atom stereocenters. The summed E-state index contributed by atoms with van der Waals surface area (Å²) in [6.45, 7) is 2.13. The Balaban J connectivity index is 1.70. The third-order valence-electron chi connectivity index (χ3n) is 4.59. The SMILES string of the molecule is CC1(CO)CCCC1NC(=O)c1ccc(-n2cnnc2)cc1. The zero-order valence-corrected chi connectivity index (χ0v) is 12.6. The molecule has 0 spiro atoms. The van der Waals surface area contributed by atoms with Gasteiger partial charge in [0.05, 0.1) is 6.61 Å². The Morgan fingerprint density at radius 2 is 2.05 bits per heavy atom. The second kappa shape index (κ2) is 5.88. The van der Waals surface area contributed by atoms with E-state index in [4.69, 9.17) is 0 Å². The van der Waals surface area contributed by atoms with Gasteiger partial charge in [0.2, 0.25) is 0 Å². The molecular weight excluding hydrogens is 280 g/mol. The highest BCUT2D eigenvalue weighted by molar-refractivity contribution is 5.94. The molecule has 116 valence electrons. The van der Waals surface area contributed by atoms with E-state index >= 15 is 0 Å². The van der Waals surface area contributed by atoms with Crippen LogP contribution in [-0.4, -0.2) is 38.4 Å². The molecule has 1 aliphatic carbocycles. The van der Waals surface area contributed by atoms with Crippen molar-refractivity contribution in [1.82, 2.24) is 20.1 Å². The number of aliphatic hydroxyl groups excluding tert-OH is 1. The third kappa shape index (κ3) is 2.74. The van der Waals surface area contributed by atoms with Gasteiger partial charge in [-0.05, 0) is 37.1 Å². The molecular formula is C16H20N4O2. The summed E-state index contributed by atoms with van der Waals surface area (Å²) in [6.07, 6.45) is 6.12. The van der Waals surface area contributed by atoms with E-state index in [0.717, 1.165) is 24.9 Å². The minimum atomic E-state index is -0.210. The zero-order valence-electron chi connectivity index (χ0n) is 12.6. The number of carbonyl (C=O) groups excluding carboxylic acids is 1. The summed E-state index contributed by atoms with van der Waals surface area (Å²) in [5, 5.41) is 20.1. The smallest absolute Gasteiger partial charge is 0.251 e. The van der Waals surface area contributed by atoms with E-state index in [0.29, 0.717) is 5.56 Å².